The molecule has 0 aliphatic carbocycles. The normalized spacial score (nSPS) is 14.5. The molecule has 1 heterocycles. The Morgan fingerprint density at radius 2 is 2.36 bits per heavy atom. The Morgan fingerprint density at radius 3 is 3.00 bits per heavy atom. The molecule has 0 saturated carbocycles. The molecule has 0 fully saturated rings. The molecule has 0 aromatic heterocycles. The first-order valence-corrected chi connectivity index (χ1v) is 4.07. The summed E-state index contributed by atoms with van der Waals surface area (Å²) in [4.78, 5) is 15.2. The molecular weight excluding hydrogens is 180 g/mol. The third-order valence-corrected chi connectivity index (χ3v) is 1.89. The Bertz CT molecular complexity index is 457. The van der Waals surface area contributed by atoms with Crippen LogP contribution in [0.5, 0.6) is 0 Å². The van der Waals surface area contributed by atoms with E-state index in [9.17, 15) is 4.79 Å². The maximum atomic E-state index is 10.8. The third-order valence-electron chi connectivity index (χ3n) is 1.89. The van der Waals surface area contributed by atoms with Gasteiger partial charge in [0.05, 0.1) is 23.8 Å². The smallest absolute Gasteiger partial charge is 0.318 e. The van der Waals surface area contributed by atoms with E-state index < -0.39 is 0 Å². The topological polar surface area (TPSA) is 62.4 Å². The van der Waals surface area contributed by atoms with Crippen molar-refractivity contribution in [1.82, 2.24) is 0 Å². The highest BCUT2D eigenvalue weighted by Crippen LogP contribution is 2.13. The van der Waals surface area contributed by atoms with E-state index in [1.807, 2.05) is 6.07 Å². The molecule has 0 radical (unpaired) electrons. The van der Waals surface area contributed by atoms with E-state index >= 15 is 0 Å². The number of nitriles is 1. The number of hydrogen-bond donors (Lipinski definition) is 0. The molecule has 1 aromatic carbocycles. The minimum Gasteiger partial charge on any atom is -0.318 e. The Kier molecular flexibility index (Phi) is 1.99. The second kappa shape index (κ2) is 3.30. The van der Waals surface area contributed by atoms with Gasteiger partial charge in [-0.3, -0.25) is 0 Å². The number of rotatable bonds is 1. The molecule has 4 heteroatoms. The SMILES string of the molecule is N#Cc1cccc(C2=NOC(=O)C2)c1. The highest BCUT2D eigenvalue weighted by molar-refractivity contribution is 6.11. The van der Waals surface area contributed by atoms with Gasteiger partial charge in [-0.15, -0.1) is 0 Å². The minimum absolute atomic E-state index is 0.175. The van der Waals surface area contributed by atoms with Gasteiger partial charge in [0, 0.05) is 5.56 Å². The fourth-order valence-electron chi connectivity index (χ4n) is 1.23. The summed E-state index contributed by atoms with van der Waals surface area (Å²) in [6, 6.07) is 8.94. The number of oxime groups is 1. The summed E-state index contributed by atoms with van der Waals surface area (Å²) in [6.45, 7) is 0. The molecule has 0 atom stereocenters. The molecule has 0 bridgehead atoms. The molecule has 1 aliphatic rings. The van der Waals surface area contributed by atoms with Crippen LogP contribution in [-0.2, 0) is 9.63 Å². The largest absolute Gasteiger partial charge is 0.341 e. The van der Waals surface area contributed by atoms with Crippen molar-refractivity contribution in [3.63, 3.8) is 0 Å². The van der Waals surface area contributed by atoms with E-state index in [0.717, 1.165) is 5.56 Å². The molecule has 0 saturated heterocycles. The summed E-state index contributed by atoms with van der Waals surface area (Å²) in [7, 11) is 0. The molecule has 1 aromatic rings. The summed E-state index contributed by atoms with van der Waals surface area (Å²) in [5, 5.41) is 12.3. The summed E-state index contributed by atoms with van der Waals surface area (Å²) < 4.78 is 0. The van der Waals surface area contributed by atoms with Gasteiger partial charge in [-0.2, -0.15) is 5.26 Å². The number of benzene rings is 1. The monoisotopic (exact) mass is 186 g/mol. The van der Waals surface area contributed by atoms with Crippen LogP contribution >= 0.6 is 0 Å². The lowest BCUT2D eigenvalue weighted by molar-refractivity contribution is -0.140. The van der Waals surface area contributed by atoms with Gasteiger partial charge in [-0.1, -0.05) is 17.3 Å². The average Bonchev–Trinajstić information content (AvgIpc) is 2.65. The van der Waals surface area contributed by atoms with E-state index in [1.54, 1.807) is 24.3 Å². The lowest BCUT2D eigenvalue weighted by Crippen LogP contribution is -2.00. The van der Waals surface area contributed by atoms with Crippen molar-refractivity contribution in [2.75, 3.05) is 0 Å². The van der Waals surface area contributed by atoms with Crippen LogP contribution in [0, 0.1) is 11.3 Å². The zero-order chi connectivity index (χ0) is 9.97. The molecule has 0 amide bonds. The van der Waals surface area contributed by atoms with Gasteiger partial charge < -0.3 is 4.84 Å². The van der Waals surface area contributed by atoms with Gasteiger partial charge in [0.25, 0.3) is 0 Å². The lowest BCUT2D eigenvalue weighted by atomic mass is 10.1. The fourth-order valence-corrected chi connectivity index (χ4v) is 1.23. The lowest BCUT2D eigenvalue weighted by Gasteiger charge is -1.96. The highest BCUT2D eigenvalue weighted by atomic mass is 16.7. The van der Waals surface area contributed by atoms with Crippen molar-refractivity contribution in [2.24, 2.45) is 5.16 Å². The standard InChI is InChI=1S/C10H6N2O2/c11-6-7-2-1-3-8(4-7)9-5-10(13)14-12-9/h1-4H,5H2. The van der Waals surface area contributed by atoms with Crippen molar-refractivity contribution in [1.29, 1.82) is 5.26 Å². The Balaban J connectivity index is 2.34. The van der Waals surface area contributed by atoms with Crippen LogP contribution in [-0.4, -0.2) is 11.7 Å². The molecule has 0 N–H and O–H groups in total. The molecule has 2 rings (SSSR count). The van der Waals surface area contributed by atoms with E-state index in [2.05, 4.69) is 9.99 Å². The van der Waals surface area contributed by atoms with Gasteiger partial charge in [0.1, 0.15) is 0 Å². The molecule has 0 spiro atoms. The summed E-state index contributed by atoms with van der Waals surface area (Å²) in [6.07, 6.45) is 0.175. The first-order valence-electron chi connectivity index (χ1n) is 4.07. The second-order valence-electron chi connectivity index (χ2n) is 2.87. The number of hydrogen-bond acceptors (Lipinski definition) is 4. The average molecular weight is 186 g/mol. The predicted molar refractivity (Wildman–Crippen MR) is 48.4 cm³/mol. The molecule has 14 heavy (non-hydrogen) atoms. The predicted octanol–water partition coefficient (Wildman–Crippen LogP) is 1.21. The minimum atomic E-state index is -0.359. The van der Waals surface area contributed by atoms with Crippen LogP contribution in [0.15, 0.2) is 29.4 Å². The second-order valence-corrected chi connectivity index (χ2v) is 2.87. The zero-order valence-corrected chi connectivity index (χ0v) is 7.23. The molecule has 4 nitrogen and oxygen atoms in total. The van der Waals surface area contributed by atoms with Crippen LogP contribution < -0.4 is 0 Å². The van der Waals surface area contributed by atoms with Crippen molar-refractivity contribution >= 4 is 11.7 Å². The van der Waals surface area contributed by atoms with Crippen LogP contribution in [0.4, 0.5) is 0 Å². The van der Waals surface area contributed by atoms with Crippen LogP contribution in [0.2, 0.25) is 0 Å². The maximum absolute atomic E-state index is 10.8. The van der Waals surface area contributed by atoms with Gasteiger partial charge >= 0.3 is 5.97 Å². The number of carbonyl (C=O) groups is 1. The summed E-state index contributed by atoms with van der Waals surface area (Å²) in [5.74, 6) is -0.359. The number of carbonyl (C=O) groups excluding carboxylic acids is 1. The first-order chi connectivity index (χ1) is 6.79. The van der Waals surface area contributed by atoms with Crippen LogP contribution in [0.3, 0.4) is 0 Å². The molecule has 68 valence electrons. The molecule has 1 aliphatic heterocycles. The van der Waals surface area contributed by atoms with Crippen LogP contribution in [0.25, 0.3) is 0 Å². The quantitative estimate of drug-likeness (QED) is 0.619. The van der Waals surface area contributed by atoms with Gasteiger partial charge in [0.15, 0.2) is 0 Å². The van der Waals surface area contributed by atoms with Crippen molar-refractivity contribution in [3.05, 3.63) is 35.4 Å². The van der Waals surface area contributed by atoms with E-state index in [4.69, 9.17) is 5.26 Å². The highest BCUT2D eigenvalue weighted by Gasteiger charge is 2.18. The summed E-state index contributed by atoms with van der Waals surface area (Å²) in [5.41, 5.74) is 1.88. The van der Waals surface area contributed by atoms with Crippen molar-refractivity contribution < 1.29 is 9.63 Å². The van der Waals surface area contributed by atoms with Gasteiger partial charge in [0.2, 0.25) is 0 Å². The van der Waals surface area contributed by atoms with E-state index in [1.165, 1.54) is 0 Å². The Hall–Kier alpha value is -2.15. The van der Waals surface area contributed by atoms with Gasteiger partial charge in [-0.25, -0.2) is 4.79 Å². The first kappa shape index (κ1) is 8.45. The van der Waals surface area contributed by atoms with Crippen molar-refractivity contribution in [2.45, 2.75) is 6.42 Å². The number of nitrogens with zero attached hydrogens (tertiary/aromatic N) is 2. The Labute approximate surface area is 80.4 Å². The maximum Gasteiger partial charge on any atom is 0.341 e. The van der Waals surface area contributed by atoms with Gasteiger partial charge in [-0.05, 0) is 12.1 Å². The molecular formula is C10H6N2O2. The van der Waals surface area contributed by atoms with Crippen LogP contribution in [0.1, 0.15) is 17.5 Å². The summed E-state index contributed by atoms with van der Waals surface area (Å²) >= 11 is 0. The molecule has 0 unspecified atom stereocenters. The van der Waals surface area contributed by atoms with E-state index in [0.29, 0.717) is 11.3 Å². The zero-order valence-electron chi connectivity index (χ0n) is 7.23. The third kappa shape index (κ3) is 1.48. The Morgan fingerprint density at radius 1 is 1.50 bits per heavy atom. The van der Waals surface area contributed by atoms with Crippen molar-refractivity contribution in [3.8, 4) is 6.07 Å². The van der Waals surface area contributed by atoms with E-state index in [-0.39, 0.29) is 12.4 Å². The fraction of sp³-hybridized carbons (Fsp3) is 0.100.